The molecule has 5 nitrogen and oxygen atoms in total. The predicted octanol–water partition coefficient (Wildman–Crippen LogP) is 5.00. The van der Waals surface area contributed by atoms with E-state index in [2.05, 4.69) is 61.1 Å². The summed E-state index contributed by atoms with van der Waals surface area (Å²) in [5.41, 5.74) is 6.24. The molecule has 1 heterocycles. The van der Waals surface area contributed by atoms with Crippen molar-refractivity contribution in [3.63, 3.8) is 0 Å². The van der Waals surface area contributed by atoms with Crippen LogP contribution in [0, 0.1) is 12.3 Å². The Labute approximate surface area is 179 Å². The molecule has 0 amide bonds. The zero-order valence-corrected chi connectivity index (χ0v) is 18.5. The summed E-state index contributed by atoms with van der Waals surface area (Å²) in [6.45, 7) is 7.49. The average Bonchev–Trinajstić information content (AvgIpc) is 3.14. The zero-order valence-electron chi connectivity index (χ0n) is 18.5. The number of benzene rings is 2. The summed E-state index contributed by atoms with van der Waals surface area (Å²) >= 11 is 0. The van der Waals surface area contributed by atoms with Crippen molar-refractivity contribution in [1.29, 1.82) is 0 Å². The van der Waals surface area contributed by atoms with Crippen molar-refractivity contribution in [2.75, 3.05) is 14.2 Å². The highest BCUT2D eigenvalue weighted by molar-refractivity contribution is 5.46. The highest BCUT2D eigenvalue weighted by atomic mass is 16.5. The van der Waals surface area contributed by atoms with E-state index in [1.54, 1.807) is 14.2 Å². The van der Waals surface area contributed by atoms with E-state index in [-0.39, 0.29) is 11.5 Å². The fourth-order valence-electron chi connectivity index (χ4n) is 4.46. The molecular formula is C25H31N3O2. The highest BCUT2D eigenvalue weighted by Gasteiger charge is 2.35. The standard InChI is InChI=1S/C25H31N3O2/c1-17-9-11-19(12-10-17)28-22-14-25(2,3)13-21(20(22)16-27-28)26-15-18-7-6-8-23(29-4)24(18)30-5/h6-12,16,21,26H,13-15H2,1-5H3/t21-/m0/s1. The van der Waals surface area contributed by atoms with Crippen LogP contribution >= 0.6 is 0 Å². The molecule has 0 saturated heterocycles. The molecule has 0 fully saturated rings. The van der Waals surface area contributed by atoms with Gasteiger partial charge >= 0.3 is 0 Å². The summed E-state index contributed by atoms with van der Waals surface area (Å²) in [7, 11) is 3.36. The van der Waals surface area contributed by atoms with Gasteiger partial charge in [0.25, 0.3) is 0 Å². The first kappa shape index (κ1) is 20.5. The van der Waals surface area contributed by atoms with Crippen molar-refractivity contribution in [1.82, 2.24) is 15.1 Å². The Morgan fingerprint density at radius 2 is 1.87 bits per heavy atom. The summed E-state index contributed by atoms with van der Waals surface area (Å²) in [5, 5.41) is 8.52. The van der Waals surface area contributed by atoms with Crippen molar-refractivity contribution in [2.45, 2.75) is 46.2 Å². The number of rotatable bonds is 6. The highest BCUT2D eigenvalue weighted by Crippen LogP contribution is 2.42. The van der Waals surface area contributed by atoms with Gasteiger partial charge in [-0.2, -0.15) is 5.10 Å². The van der Waals surface area contributed by atoms with Gasteiger partial charge in [-0.1, -0.05) is 43.7 Å². The van der Waals surface area contributed by atoms with E-state index in [9.17, 15) is 0 Å². The van der Waals surface area contributed by atoms with Gasteiger partial charge in [0.05, 0.1) is 26.1 Å². The van der Waals surface area contributed by atoms with E-state index >= 15 is 0 Å². The summed E-state index contributed by atoms with van der Waals surface area (Å²) in [6, 6.07) is 14.8. The molecule has 0 radical (unpaired) electrons. The number of ether oxygens (including phenoxy) is 2. The summed E-state index contributed by atoms with van der Waals surface area (Å²) in [6.07, 6.45) is 4.10. The normalized spacial score (nSPS) is 17.4. The van der Waals surface area contributed by atoms with E-state index in [0.29, 0.717) is 6.54 Å². The Bertz CT molecular complexity index is 1020. The first-order valence-corrected chi connectivity index (χ1v) is 10.5. The molecule has 3 aromatic rings. The van der Waals surface area contributed by atoms with Crippen molar-refractivity contribution in [3.05, 3.63) is 71.0 Å². The largest absolute Gasteiger partial charge is 0.493 e. The number of hydrogen-bond acceptors (Lipinski definition) is 4. The third-order valence-electron chi connectivity index (χ3n) is 5.98. The van der Waals surface area contributed by atoms with Crippen LogP contribution in [0.4, 0.5) is 0 Å². The van der Waals surface area contributed by atoms with Crippen molar-refractivity contribution in [3.8, 4) is 17.2 Å². The van der Waals surface area contributed by atoms with Crippen LogP contribution in [0.1, 0.15) is 48.7 Å². The molecule has 4 rings (SSSR count). The minimum atomic E-state index is 0.186. The van der Waals surface area contributed by atoms with Crippen LogP contribution in [0.5, 0.6) is 11.5 Å². The van der Waals surface area contributed by atoms with Gasteiger partial charge in [0, 0.05) is 29.4 Å². The Morgan fingerprint density at radius 1 is 1.10 bits per heavy atom. The molecule has 5 heteroatoms. The number of hydrogen-bond donors (Lipinski definition) is 1. The fraction of sp³-hybridized carbons (Fsp3) is 0.400. The van der Waals surface area contributed by atoms with Crippen molar-refractivity contribution in [2.24, 2.45) is 5.41 Å². The van der Waals surface area contributed by atoms with Gasteiger partial charge in [0.15, 0.2) is 11.5 Å². The summed E-state index contributed by atoms with van der Waals surface area (Å²) in [5.74, 6) is 1.55. The Hall–Kier alpha value is -2.79. The predicted molar refractivity (Wildman–Crippen MR) is 120 cm³/mol. The lowest BCUT2D eigenvalue weighted by Gasteiger charge is -2.36. The molecule has 1 aromatic heterocycles. The second-order valence-electron chi connectivity index (χ2n) is 8.93. The van der Waals surface area contributed by atoms with Crippen LogP contribution in [0.25, 0.3) is 5.69 Å². The lowest BCUT2D eigenvalue weighted by Crippen LogP contribution is -2.33. The molecule has 0 bridgehead atoms. The quantitative estimate of drug-likeness (QED) is 0.627. The van der Waals surface area contributed by atoms with E-state index in [1.165, 1.54) is 16.8 Å². The van der Waals surface area contributed by atoms with Crippen molar-refractivity contribution < 1.29 is 9.47 Å². The molecule has 0 saturated carbocycles. The third kappa shape index (κ3) is 3.94. The lowest BCUT2D eigenvalue weighted by atomic mass is 9.74. The second kappa shape index (κ2) is 8.15. The van der Waals surface area contributed by atoms with E-state index in [0.717, 1.165) is 35.6 Å². The monoisotopic (exact) mass is 405 g/mol. The van der Waals surface area contributed by atoms with Gasteiger partial charge in [-0.25, -0.2) is 4.68 Å². The van der Waals surface area contributed by atoms with Gasteiger partial charge < -0.3 is 14.8 Å². The van der Waals surface area contributed by atoms with Gasteiger partial charge in [0.2, 0.25) is 0 Å². The van der Waals surface area contributed by atoms with Gasteiger partial charge in [-0.3, -0.25) is 0 Å². The number of fused-ring (bicyclic) bond motifs is 1. The SMILES string of the molecule is COc1cccc(CN[C@H]2CC(C)(C)Cc3c2cnn3-c2ccc(C)cc2)c1OC. The molecule has 30 heavy (non-hydrogen) atoms. The molecule has 158 valence electrons. The number of methoxy groups -OCH3 is 2. The lowest BCUT2D eigenvalue weighted by molar-refractivity contribution is 0.252. The maximum atomic E-state index is 5.61. The summed E-state index contributed by atoms with van der Waals surface area (Å²) in [4.78, 5) is 0. The first-order chi connectivity index (χ1) is 14.4. The number of aromatic nitrogens is 2. The Morgan fingerprint density at radius 3 is 2.57 bits per heavy atom. The molecule has 1 atom stereocenters. The summed E-state index contributed by atoms with van der Waals surface area (Å²) < 4.78 is 13.2. The maximum absolute atomic E-state index is 5.61. The molecular weight excluding hydrogens is 374 g/mol. The smallest absolute Gasteiger partial charge is 0.165 e. The second-order valence-corrected chi connectivity index (χ2v) is 8.93. The Kier molecular flexibility index (Phi) is 5.56. The fourth-order valence-corrected chi connectivity index (χ4v) is 4.46. The van der Waals surface area contributed by atoms with Gasteiger partial charge in [0.1, 0.15) is 0 Å². The van der Waals surface area contributed by atoms with Crippen molar-refractivity contribution >= 4 is 0 Å². The Balaban J connectivity index is 1.63. The minimum Gasteiger partial charge on any atom is -0.493 e. The number of nitrogens with one attached hydrogen (secondary N) is 1. The molecule has 1 aliphatic carbocycles. The van der Waals surface area contributed by atoms with Crippen LogP contribution in [0.2, 0.25) is 0 Å². The first-order valence-electron chi connectivity index (χ1n) is 10.5. The molecule has 1 N–H and O–H groups in total. The van der Waals surface area contributed by atoms with Crippen LogP contribution in [-0.4, -0.2) is 24.0 Å². The van der Waals surface area contributed by atoms with E-state index in [4.69, 9.17) is 14.6 Å². The number of nitrogens with zero attached hydrogens (tertiary/aromatic N) is 2. The van der Waals surface area contributed by atoms with Gasteiger partial charge in [-0.15, -0.1) is 0 Å². The average molecular weight is 406 g/mol. The molecule has 0 spiro atoms. The van der Waals surface area contributed by atoms with Crippen LogP contribution in [0.15, 0.2) is 48.7 Å². The number of aryl methyl sites for hydroxylation is 1. The topological polar surface area (TPSA) is 48.3 Å². The van der Waals surface area contributed by atoms with Crippen LogP contribution in [0.3, 0.4) is 0 Å². The molecule has 1 aliphatic rings. The van der Waals surface area contributed by atoms with E-state index in [1.807, 2.05) is 18.3 Å². The maximum Gasteiger partial charge on any atom is 0.165 e. The molecule has 0 aliphatic heterocycles. The number of para-hydroxylation sites is 1. The van der Waals surface area contributed by atoms with Gasteiger partial charge in [-0.05, 0) is 43.4 Å². The molecule has 0 unspecified atom stereocenters. The molecule has 2 aromatic carbocycles. The third-order valence-corrected chi connectivity index (χ3v) is 5.98. The van der Waals surface area contributed by atoms with E-state index < -0.39 is 0 Å². The van der Waals surface area contributed by atoms with Crippen LogP contribution < -0.4 is 14.8 Å². The minimum absolute atomic E-state index is 0.186. The van der Waals surface area contributed by atoms with Crippen LogP contribution in [-0.2, 0) is 13.0 Å². The zero-order chi connectivity index (χ0) is 21.3.